The molecule has 0 aliphatic heterocycles. The van der Waals surface area contributed by atoms with E-state index < -0.39 is 0 Å². The fraction of sp³-hybridized carbons (Fsp3) is 0.136. The number of ether oxygens (including phenoxy) is 1. The first-order valence-corrected chi connectivity index (χ1v) is 9.41. The van der Waals surface area contributed by atoms with Gasteiger partial charge in [-0.05, 0) is 47.5 Å². The van der Waals surface area contributed by atoms with Crippen LogP contribution in [0.5, 0.6) is 5.75 Å². The van der Waals surface area contributed by atoms with E-state index in [0.29, 0.717) is 12.1 Å². The topological polar surface area (TPSA) is 38.3 Å². The van der Waals surface area contributed by atoms with Crippen LogP contribution in [0.4, 0.5) is 0 Å². The Kier molecular flexibility index (Phi) is 6.34. The van der Waals surface area contributed by atoms with E-state index in [2.05, 4.69) is 17.4 Å². The van der Waals surface area contributed by atoms with E-state index in [1.165, 1.54) is 10.5 Å². The molecular formula is C22H21NO2S. The summed E-state index contributed by atoms with van der Waals surface area (Å²) in [6, 6.07) is 25.7. The van der Waals surface area contributed by atoms with Crippen LogP contribution in [0.1, 0.15) is 21.5 Å². The Morgan fingerprint density at radius 3 is 2.23 bits per heavy atom. The fourth-order valence-electron chi connectivity index (χ4n) is 2.47. The Labute approximate surface area is 158 Å². The normalized spacial score (nSPS) is 10.3. The lowest BCUT2D eigenvalue weighted by molar-refractivity contribution is 0.0951. The van der Waals surface area contributed by atoms with Crippen LogP contribution in [-0.2, 0) is 12.3 Å². The highest BCUT2D eigenvalue weighted by Crippen LogP contribution is 2.25. The van der Waals surface area contributed by atoms with Gasteiger partial charge < -0.3 is 10.1 Å². The first kappa shape index (κ1) is 18.1. The summed E-state index contributed by atoms with van der Waals surface area (Å²) in [6.45, 7) is 0.536. The minimum atomic E-state index is -0.0526. The van der Waals surface area contributed by atoms with Crippen molar-refractivity contribution in [1.29, 1.82) is 0 Å². The highest BCUT2D eigenvalue weighted by molar-refractivity contribution is 7.98. The third-order valence-corrected chi connectivity index (χ3v) is 5.06. The highest BCUT2D eigenvalue weighted by atomic mass is 32.2. The van der Waals surface area contributed by atoms with Gasteiger partial charge in [-0.15, -0.1) is 11.8 Å². The van der Waals surface area contributed by atoms with Crippen LogP contribution >= 0.6 is 11.8 Å². The van der Waals surface area contributed by atoms with Gasteiger partial charge in [0.2, 0.25) is 0 Å². The van der Waals surface area contributed by atoms with Crippen molar-refractivity contribution in [2.45, 2.75) is 17.2 Å². The second-order valence-corrected chi connectivity index (χ2v) is 6.88. The van der Waals surface area contributed by atoms with Gasteiger partial charge in [0.1, 0.15) is 5.75 Å². The van der Waals surface area contributed by atoms with Crippen molar-refractivity contribution in [1.82, 2.24) is 5.32 Å². The number of nitrogens with one attached hydrogen (secondary N) is 1. The Morgan fingerprint density at radius 1 is 0.885 bits per heavy atom. The van der Waals surface area contributed by atoms with Crippen molar-refractivity contribution in [2.24, 2.45) is 0 Å². The SMILES string of the molecule is COc1ccc(SCc2ccc(C(=O)NCc3ccccc3)cc2)cc1. The molecule has 0 aliphatic rings. The molecule has 132 valence electrons. The largest absolute Gasteiger partial charge is 0.497 e. The molecule has 0 aromatic heterocycles. The summed E-state index contributed by atoms with van der Waals surface area (Å²) in [5.74, 6) is 1.67. The molecule has 3 aromatic carbocycles. The molecule has 0 aliphatic carbocycles. The van der Waals surface area contributed by atoms with Crippen LogP contribution in [0.3, 0.4) is 0 Å². The predicted molar refractivity (Wildman–Crippen MR) is 107 cm³/mol. The van der Waals surface area contributed by atoms with Gasteiger partial charge >= 0.3 is 0 Å². The first-order chi connectivity index (χ1) is 12.7. The van der Waals surface area contributed by atoms with E-state index in [0.717, 1.165) is 17.1 Å². The number of amides is 1. The van der Waals surface area contributed by atoms with Crippen LogP contribution < -0.4 is 10.1 Å². The third-order valence-electron chi connectivity index (χ3n) is 3.98. The van der Waals surface area contributed by atoms with Crippen molar-refractivity contribution in [3.05, 3.63) is 95.6 Å². The van der Waals surface area contributed by atoms with Crippen molar-refractivity contribution in [3.63, 3.8) is 0 Å². The van der Waals surface area contributed by atoms with E-state index in [1.54, 1.807) is 18.9 Å². The summed E-state index contributed by atoms with van der Waals surface area (Å²) in [4.78, 5) is 13.4. The predicted octanol–water partition coefficient (Wildman–Crippen LogP) is 4.92. The third kappa shape index (κ3) is 5.14. The number of rotatable bonds is 7. The van der Waals surface area contributed by atoms with Crippen LogP contribution in [0.25, 0.3) is 0 Å². The van der Waals surface area contributed by atoms with E-state index in [4.69, 9.17) is 4.74 Å². The summed E-state index contributed by atoms with van der Waals surface area (Å²) >= 11 is 1.76. The monoisotopic (exact) mass is 363 g/mol. The number of carbonyl (C=O) groups is 1. The number of methoxy groups -OCH3 is 1. The Balaban J connectivity index is 1.51. The molecule has 4 heteroatoms. The number of hydrogen-bond acceptors (Lipinski definition) is 3. The molecule has 26 heavy (non-hydrogen) atoms. The Bertz CT molecular complexity index is 830. The summed E-state index contributed by atoms with van der Waals surface area (Å²) < 4.78 is 5.17. The lowest BCUT2D eigenvalue weighted by Crippen LogP contribution is -2.22. The zero-order valence-corrected chi connectivity index (χ0v) is 15.5. The molecule has 0 unspecified atom stereocenters. The Morgan fingerprint density at radius 2 is 1.58 bits per heavy atom. The molecule has 3 aromatic rings. The summed E-state index contributed by atoms with van der Waals surface area (Å²) in [6.07, 6.45) is 0. The minimum Gasteiger partial charge on any atom is -0.497 e. The van der Waals surface area contributed by atoms with Gasteiger partial charge in [-0.2, -0.15) is 0 Å². The smallest absolute Gasteiger partial charge is 0.251 e. The summed E-state index contributed by atoms with van der Waals surface area (Å²) in [7, 11) is 1.67. The number of benzene rings is 3. The lowest BCUT2D eigenvalue weighted by atomic mass is 10.1. The van der Waals surface area contributed by atoms with Crippen molar-refractivity contribution >= 4 is 17.7 Å². The highest BCUT2D eigenvalue weighted by Gasteiger charge is 2.05. The molecule has 1 amide bonds. The van der Waals surface area contributed by atoms with Gasteiger partial charge in [-0.3, -0.25) is 4.79 Å². The van der Waals surface area contributed by atoms with Gasteiger partial charge in [0.25, 0.3) is 5.91 Å². The zero-order valence-electron chi connectivity index (χ0n) is 14.6. The van der Waals surface area contributed by atoms with Crippen LogP contribution in [0, 0.1) is 0 Å². The molecular weight excluding hydrogens is 342 g/mol. The van der Waals surface area contributed by atoms with E-state index in [9.17, 15) is 4.79 Å². The van der Waals surface area contributed by atoms with E-state index in [-0.39, 0.29) is 5.91 Å². The molecule has 3 rings (SSSR count). The maximum atomic E-state index is 12.2. The van der Waals surface area contributed by atoms with Crippen molar-refractivity contribution in [3.8, 4) is 5.75 Å². The quantitative estimate of drug-likeness (QED) is 0.606. The number of thioether (sulfide) groups is 1. The average Bonchev–Trinajstić information content (AvgIpc) is 2.72. The molecule has 0 bridgehead atoms. The van der Waals surface area contributed by atoms with E-state index in [1.807, 2.05) is 66.7 Å². The van der Waals surface area contributed by atoms with Crippen LogP contribution in [-0.4, -0.2) is 13.0 Å². The molecule has 0 fully saturated rings. The maximum Gasteiger partial charge on any atom is 0.251 e. The summed E-state index contributed by atoms with van der Waals surface area (Å²) in [5.41, 5.74) is 2.96. The number of carbonyl (C=O) groups excluding carboxylic acids is 1. The molecule has 0 heterocycles. The zero-order chi connectivity index (χ0) is 18.2. The number of hydrogen-bond donors (Lipinski definition) is 1. The molecule has 0 saturated heterocycles. The van der Waals surface area contributed by atoms with Crippen LogP contribution in [0.2, 0.25) is 0 Å². The molecule has 0 saturated carbocycles. The minimum absolute atomic E-state index is 0.0526. The second-order valence-electron chi connectivity index (χ2n) is 5.83. The van der Waals surface area contributed by atoms with Gasteiger partial charge in [0, 0.05) is 22.8 Å². The average molecular weight is 363 g/mol. The molecule has 0 spiro atoms. The van der Waals surface area contributed by atoms with Crippen molar-refractivity contribution < 1.29 is 9.53 Å². The Hall–Kier alpha value is -2.72. The lowest BCUT2D eigenvalue weighted by Gasteiger charge is -2.07. The molecule has 3 nitrogen and oxygen atoms in total. The van der Waals surface area contributed by atoms with Crippen LogP contribution in [0.15, 0.2) is 83.8 Å². The second kappa shape index (κ2) is 9.11. The van der Waals surface area contributed by atoms with Gasteiger partial charge in [0.15, 0.2) is 0 Å². The summed E-state index contributed by atoms with van der Waals surface area (Å²) in [5, 5.41) is 2.95. The first-order valence-electron chi connectivity index (χ1n) is 8.42. The standard InChI is InChI=1S/C22H21NO2S/c1-25-20-11-13-21(14-12-20)26-16-18-7-9-19(10-8-18)22(24)23-15-17-5-3-2-4-6-17/h2-14H,15-16H2,1H3,(H,23,24). The van der Waals surface area contributed by atoms with Gasteiger partial charge in [-0.25, -0.2) is 0 Å². The fourth-order valence-corrected chi connectivity index (χ4v) is 3.33. The van der Waals surface area contributed by atoms with E-state index >= 15 is 0 Å². The molecule has 1 N–H and O–H groups in total. The maximum absolute atomic E-state index is 12.2. The van der Waals surface area contributed by atoms with Gasteiger partial charge in [-0.1, -0.05) is 42.5 Å². The molecule has 0 radical (unpaired) electrons. The van der Waals surface area contributed by atoms with Crippen molar-refractivity contribution in [2.75, 3.05) is 7.11 Å². The van der Waals surface area contributed by atoms with Gasteiger partial charge in [0.05, 0.1) is 7.11 Å². The molecule has 0 atom stereocenters.